The smallest absolute Gasteiger partial charge is 0.276 e. The maximum atomic E-state index is 13.2. The SMILES string of the molecule is Cc1ccc(-c2nc(Cn3ccn4nc(-c5ccc(C)c(C)c5)cc4c3=O)c(C)o2)cc1. The molecule has 0 N–H and O–H groups in total. The van der Waals surface area contributed by atoms with Gasteiger partial charge < -0.3 is 8.98 Å². The van der Waals surface area contributed by atoms with Crippen molar-refractivity contribution in [1.82, 2.24) is 19.2 Å². The lowest BCUT2D eigenvalue weighted by Crippen LogP contribution is -2.22. The van der Waals surface area contributed by atoms with E-state index in [4.69, 9.17) is 4.42 Å². The molecule has 0 saturated heterocycles. The molecule has 0 saturated carbocycles. The molecule has 6 nitrogen and oxygen atoms in total. The molecule has 6 heteroatoms. The van der Waals surface area contributed by atoms with E-state index >= 15 is 0 Å². The normalized spacial score (nSPS) is 11.4. The van der Waals surface area contributed by atoms with E-state index in [9.17, 15) is 4.79 Å². The summed E-state index contributed by atoms with van der Waals surface area (Å²) in [6.45, 7) is 8.41. The van der Waals surface area contributed by atoms with Crippen LogP contribution in [0.5, 0.6) is 0 Å². The van der Waals surface area contributed by atoms with Gasteiger partial charge in [-0.3, -0.25) is 4.79 Å². The molecule has 3 aromatic heterocycles. The summed E-state index contributed by atoms with van der Waals surface area (Å²) in [6, 6.07) is 16.1. The third kappa shape index (κ3) is 3.54. The van der Waals surface area contributed by atoms with Crippen molar-refractivity contribution in [2.75, 3.05) is 0 Å². The first-order valence-corrected chi connectivity index (χ1v) is 10.6. The zero-order valence-electron chi connectivity index (χ0n) is 18.6. The summed E-state index contributed by atoms with van der Waals surface area (Å²) in [7, 11) is 0. The largest absolute Gasteiger partial charge is 0.441 e. The summed E-state index contributed by atoms with van der Waals surface area (Å²) in [6.07, 6.45) is 3.55. The zero-order chi connectivity index (χ0) is 22.4. The Bertz CT molecular complexity index is 1500. The third-order valence-corrected chi connectivity index (χ3v) is 5.92. The summed E-state index contributed by atoms with van der Waals surface area (Å²) in [5.74, 6) is 1.27. The van der Waals surface area contributed by atoms with Gasteiger partial charge in [-0.25, -0.2) is 9.50 Å². The Morgan fingerprint density at radius 2 is 1.62 bits per heavy atom. The number of benzene rings is 2. The van der Waals surface area contributed by atoms with Gasteiger partial charge in [0.25, 0.3) is 5.56 Å². The van der Waals surface area contributed by atoms with Crippen LogP contribution >= 0.6 is 0 Å². The van der Waals surface area contributed by atoms with Crippen LogP contribution in [0.4, 0.5) is 0 Å². The monoisotopic (exact) mass is 424 g/mol. The Labute approximate surface area is 185 Å². The Morgan fingerprint density at radius 1 is 0.875 bits per heavy atom. The van der Waals surface area contributed by atoms with Crippen LogP contribution in [0.3, 0.4) is 0 Å². The lowest BCUT2D eigenvalue weighted by atomic mass is 10.0. The Balaban J connectivity index is 1.49. The highest BCUT2D eigenvalue weighted by atomic mass is 16.4. The van der Waals surface area contributed by atoms with Gasteiger partial charge in [-0.1, -0.05) is 29.8 Å². The maximum absolute atomic E-state index is 13.2. The van der Waals surface area contributed by atoms with Gasteiger partial charge in [0, 0.05) is 23.5 Å². The molecule has 0 fully saturated rings. The highest BCUT2D eigenvalue weighted by molar-refractivity contribution is 5.66. The first kappa shape index (κ1) is 20.0. The van der Waals surface area contributed by atoms with E-state index in [-0.39, 0.29) is 5.56 Å². The van der Waals surface area contributed by atoms with Crippen molar-refractivity contribution >= 4 is 5.52 Å². The van der Waals surface area contributed by atoms with Gasteiger partial charge in [-0.2, -0.15) is 5.10 Å². The summed E-state index contributed by atoms with van der Waals surface area (Å²) < 4.78 is 9.16. The highest BCUT2D eigenvalue weighted by Gasteiger charge is 2.15. The minimum atomic E-state index is -0.116. The molecule has 32 heavy (non-hydrogen) atoms. The molecule has 0 aliphatic heterocycles. The Hall–Kier alpha value is -3.93. The molecule has 0 unspecified atom stereocenters. The summed E-state index contributed by atoms with van der Waals surface area (Å²) in [5, 5.41) is 4.60. The van der Waals surface area contributed by atoms with E-state index in [0.717, 1.165) is 22.5 Å². The molecule has 0 radical (unpaired) electrons. The molecule has 0 aliphatic rings. The van der Waals surface area contributed by atoms with Crippen LogP contribution in [0.15, 0.2) is 70.1 Å². The van der Waals surface area contributed by atoms with E-state index < -0.39 is 0 Å². The van der Waals surface area contributed by atoms with Crippen LogP contribution in [-0.2, 0) is 6.54 Å². The lowest BCUT2D eigenvalue weighted by molar-refractivity contribution is 0.537. The van der Waals surface area contributed by atoms with Crippen LogP contribution < -0.4 is 5.56 Å². The molecular formula is C26H24N4O2. The van der Waals surface area contributed by atoms with Crippen LogP contribution in [0, 0.1) is 27.7 Å². The summed E-state index contributed by atoms with van der Waals surface area (Å²) >= 11 is 0. The molecule has 0 aliphatic carbocycles. The molecular weight excluding hydrogens is 400 g/mol. The van der Waals surface area contributed by atoms with Gasteiger partial charge in [-0.05, 0) is 63.1 Å². The fourth-order valence-corrected chi connectivity index (χ4v) is 3.75. The zero-order valence-corrected chi connectivity index (χ0v) is 18.6. The van der Waals surface area contributed by atoms with E-state index in [2.05, 4.69) is 36.1 Å². The number of rotatable bonds is 4. The van der Waals surface area contributed by atoms with E-state index in [1.807, 2.05) is 50.2 Å². The minimum absolute atomic E-state index is 0.116. The van der Waals surface area contributed by atoms with Crippen molar-refractivity contribution < 1.29 is 4.42 Å². The Morgan fingerprint density at radius 3 is 2.38 bits per heavy atom. The topological polar surface area (TPSA) is 65.3 Å². The second-order valence-electron chi connectivity index (χ2n) is 8.28. The summed E-state index contributed by atoms with van der Waals surface area (Å²) in [5.41, 5.74) is 7.45. The molecule has 0 amide bonds. The molecule has 3 heterocycles. The molecule has 2 aromatic carbocycles. The first-order valence-electron chi connectivity index (χ1n) is 10.6. The van der Waals surface area contributed by atoms with Crippen molar-refractivity contribution in [3.63, 3.8) is 0 Å². The average molecular weight is 425 g/mol. The highest BCUT2D eigenvalue weighted by Crippen LogP contribution is 2.23. The van der Waals surface area contributed by atoms with Crippen molar-refractivity contribution in [2.45, 2.75) is 34.2 Å². The Kier molecular flexibility index (Phi) is 4.78. The lowest BCUT2D eigenvalue weighted by Gasteiger charge is -2.04. The van der Waals surface area contributed by atoms with Gasteiger partial charge in [0.15, 0.2) is 0 Å². The molecule has 0 bridgehead atoms. The molecule has 0 spiro atoms. The van der Waals surface area contributed by atoms with E-state index in [0.29, 0.717) is 23.7 Å². The van der Waals surface area contributed by atoms with Gasteiger partial charge in [0.05, 0.1) is 12.2 Å². The number of aryl methyl sites for hydroxylation is 4. The maximum Gasteiger partial charge on any atom is 0.276 e. The van der Waals surface area contributed by atoms with Gasteiger partial charge >= 0.3 is 0 Å². The van der Waals surface area contributed by atoms with Gasteiger partial charge in [0.2, 0.25) is 5.89 Å². The third-order valence-electron chi connectivity index (χ3n) is 5.92. The van der Waals surface area contributed by atoms with E-state index in [1.165, 1.54) is 16.7 Å². The quantitative estimate of drug-likeness (QED) is 0.403. The van der Waals surface area contributed by atoms with E-state index in [1.54, 1.807) is 21.5 Å². The van der Waals surface area contributed by atoms with Crippen LogP contribution in [0.1, 0.15) is 28.1 Å². The van der Waals surface area contributed by atoms with Crippen LogP contribution in [0.25, 0.3) is 28.2 Å². The second kappa shape index (κ2) is 7.64. The summed E-state index contributed by atoms with van der Waals surface area (Å²) in [4.78, 5) is 17.8. The number of oxazole rings is 1. The second-order valence-corrected chi connectivity index (χ2v) is 8.28. The predicted octanol–water partition coefficient (Wildman–Crippen LogP) is 5.10. The van der Waals surface area contributed by atoms with Gasteiger partial charge in [-0.15, -0.1) is 0 Å². The molecule has 160 valence electrons. The molecule has 0 atom stereocenters. The number of aromatic nitrogens is 4. The van der Waals surface area contributed by atoms with Crippen molar-refractivity contribution in [3.05, 3.63) is 99.4 Å². The van der Waals surface area contributed by atoms with Crippen LogP contribution in [-0.4, -0.2) is 19.2 Å². The van der Waals surface area contributed by atoms with Crippen LogP contribution in [0.2, 0.25) is 0 Å². The first-order chi connectivity index (χ1) is 15.4. The minimum Gasteiger partial charge on any atom is -0.441 e. The van der Waals surface area contributed by atoms with Crippen molar-refractivity contribution in [3.8, 4) is 22.7 Å². The molecule has 5 aromatic rings. The fourth-order valence-electron chi connectivity index (χ4n) is 3.75. The van der Waals surface area contributed by atoms with Crippen molar-refractivity contribution in [2.24, 2.45) is 0 Å². The number of nitrogens with zero attached hydrogens (tertiary/aromatic N) is 4. The van der Waals surface area contributed by atoms with Crippen molar-refractivity contribution in [1.29, 1.82) is 0 Å². The predicted molar refractivity (Wildman–Crippen MR) is 125 cm³/mol. The fraction of sp³-hybridized carbons (Fsp3) is 0.192. The number of fused-ring (bicyclic) bond motifs is 1. The van der Waals surface area contributed by atoms with Gasteiger partial charge in [0.1, 0.15) is 17.0 Å². The average Bonchev–Trinajstić information content (AvgIpc) is 3.37. The number of hydrogen-bond acceptors (Lipinski definition) is 4. The molecule has 5 rings (SSSR count). The standard InChI is InChI=1S/C26H24N4O2/c1-16-5-8-20(9-6-16)25-27-23(19(4)32-25)15-29-11-12-30-24(26(29)31)14-22(28-30)21-10-7-17(2)18(3)13-21/h5-14H,15H2,1-4H3. The number of hydrogen-bond donors (Lipinski definition) is 0.